The summed E-state index contributed by atoms with van der Waals surface area (Å²) in [5.74, 6) is -0.796. The van der Waals surface area contributed by atoms with Crippen molar-refractivity contribution in [3.63, 3.8) is 0 Å². The smallest absolute Gasteiger partial charge is 0.407 e. The van der Waals surface area contributed by atoms with Gasteiger partial charge in [0.15, 0.2) is 5.65 Å². The lowest BCUT2D eigenvalue weighted by Gasteiger charge is -2.33. The summed E-state index contributed by atoms with van der Waals surface area (Å²) in [6.45, 7) is 6.32. The van der Waals surface area contributed by atoms with Gasteiger partial charge in [-0.1, -0.05) is 6.07 Å². The number of hydrogen-bond donors (Lipinski definition) is 1. The molecule has 1 aromatic carbocycles. The van der Waals surface area contributed by atoms with Crippen LogP contribution >= 0.6 is 11.3 Å². The first-order chi connectivity index (χ1) is 19.0. The maximum absolute atomic E-state index is 14.6. The first kappa shape index (κ1) is 27.3. The molecular formula is C29H29FN6O3S. The van der Waals surface area contributed by atoms with E-state index in [2.05, 4.69) is 15.4 Å². The molecule has 206 valence electrons. The second kappa shape index (κ2) is 10.7. The molecule has 1 aliphatic rings. The second-order valence-corrected chi connectivity index (χ2v) is 11.9. The predicted octanol–water partition coefficient (Wildman–Crippen LogP) is 5.50. The summed E-state index contributed by atoms with van der Waals surface area (Å²) in [5.41, 5.74) is 1.93. The molecule has 4 aromatic rings. The number of carbonyl (C=O) groups excluding carboxylic acids is 2. The van der Waals surface area contributed by atoms with Crippen LogP contribution in [0.4, 0.5) is 9.18 Å². The minimum Gasteiger partial charge on any atom is -0.444 e. The summed E-state index contributed by atoms with van der Waals surface area (Å²) in [5, 5.41) is 17.2. The third-order valence-electron chi connectivity index (χ3n) is 6.51. The van der Waals surface area contributed by atoms with Gasteiger partial charge in [0, 0.05) is 60.0 Å². The molecule has 0 aliphatic carbocycles. The third kappa shape index (κ3) is 5.82. The maximum atomic E-state index is 14.6. The van der Waals surface area contributed by atoms with Crippen molar-refractivity contribution in [2.75, 3.05) is 13.1 Å². The highest BCUT2D eigenvalue weighted by atomic mass is 32.1. The lowest BCUT2D eigenvalue weighted by atomic mass is 10.0. The predicted molar refractivity (Wildman–Crippen MR) is 150 cm³/mol. The highest BCUT2D eigenvalue weighted by Crippen LogP contribution is 2.41. The molecule has 1 fully saturated rings. The van der Waals surface area contributed by atoms with Crippen LogP contribution in [0.25, 0.3) is 32.6 Å². The normalized spacial score (nSPS) is 15.6. The number of hydrogen-bond acceptors (Lipinski definition) is 7. The molecule has 1 saturated heterocycles. The number of thiophene rings is 1. The molecule has 11 heteroatoms. The number of likely N-dealkylation sites (tertiary alicyclic amines) is 1. The number of amides is 2. The van der Waals surface area contributed by atoms with E-state index in [1.54, 1.807) is 48.7 Å². The molecule has 4 heterocycles. The molecule has 0 radical (unpaired) electrons. The van der Waals surface area contributed by atoms with Crippen LogP contribution in [0.5, 0.6) is 0 Å². The summed E-state index contributed by atoms with van der Waals surface area (Å²) in [7, 11) is 1.82. The number of carbonyl (C=O) groups is 2. The number of piperidine rings is 1. The Hall–Kier alpha value is -4.30. The molecule has 3 aromatic heterocycles. The van der Waals surface area contributed by atoms with Gasteiger partial charge < -0.3 is 15.0 Å². The summed E-state index contributed by atoms with van der Waals surface area (Å²) in [6, 6.07) is 9.77. The van der Waals surface area contributed by atoms with Crippen molar-refractivity contribution < 1.29 is 18.7 Å². The number of pyridine rings is 1. The van der Waals surface area contributed by atoms with Gasteiger partial charge in [-0.15, -0.1) is 11.3 Å². The second-order valence-electron chi connectivity index (χ2n) is 10.8. The number of ether oxygens (including phenoxy) is 1. The molecule has 1 N–H and O–H groups in total. The van der Waals surface area contributed by atoms with Gasteiger partial charge in [-0.05, 0) is 63.4 Å². The molecule has 9 nitrogen and oxygen atoms in total. The molecule has 0 bridgehead atoms. The highest BCUT2D eigenvalue weighted by molar-refractivity contribution is 7.18. The molecule has 0 unspecified atom stereocenters. The van der Waals surface area contributed by atoms with Gasteiger partial charge in [0.2, 0.25) is 0 Å². The number of benzene rings is 1. The summed E-state index contributed by atoms with van der Waals surface area (Å²) < 4.78 is 21.7. The standard InChI is InChI=1S/C29H29FN6O3S/c1-29(2,3)39-28(38)33-21-6-5-9-36(16-21)27(37)24-12-22(17-7-8-18(13-31)23(30)11-17)25(40-24)19-10-20-15-35(4)34-26(20)32-14-19/h7-8,10-12,14-15,21H,5-6,9,16H2,1-4H3,(H,33,38)/t21-/m1/s1. The van der Waals surface area contributed by atoms with Crippen LogP contribution in [-0.2, 0) is 11.8 Å². The molecule has 1 atom stereocenters. The zero-order valence-corrected chi connectivity index (χ0v) is 23.5. The Morgan fingerprint density at radius 3 is 2.75 bits per heavy atom. The number of nitrogens with one attached hydrogen (secondary N) is 1. The monoisotopic (exact) mass is 560 g/mol. The van der Waals surface area contributed by atoms with E-state index < -0.39 is 17.5 Å². The molecule has 0 spiro atoms. The SMILES string of the molecule is Cn1cc2cc(-c3sc(C(=O)N4CCC[C@@H](NC(=O)OC(C)(C)C)C4)cc3-c3ccc(C#N)c(F)c3)cnc2n1. The fourth-order valence-electron chi connectivity index (χ4n) is 4.76. The van der Waals surface area contributed by atoms with Gasteiger partial charge in [-0.2, -0.15) is 10.4 Å². The fraction of sp³-hybridized carbons (Fsp3) is 0.345. The Morgan fingerprint density at radius 1 is 1.23 bits per heavy atom. The number of rotatable bonds is 4. The zero-order chi connectivity index (χ0) is 28.6. The van der Waals surface area contributed by atoms with Crippen LogP contribution in [-0.4, -0.2) is 56.4 Å². The lowest BCUT2D eigenvalue weighted by molar-refractivity contribution is 0.0453. The van der Waals surface area contributed by atoms with Crippen molar-refractivity contribution in [2.45, 2.75) is 45.3 Å². The number of aryl methyl sites for hydroxylation is 1. The van der Waals surface area contributed by atoms with Crippen molar-refractivity contribution >= 4 is 34.4 Å². The molecule has 40 heavy (non-hydrogen) atoms. The Balaban J connectivity index is 1.47. The van der Waals surface area contributed by atoms with Gasteiger partial charge in [0.1, 0.15) is 17.5 Å². The number of nitriles is 1. The summed E-state index contributed by atoms with van der Waals surface area (Å²) in [4.78, 5) is 33.5. The average Bonchev–Trinajstić information content (AvgIpc) is 3.50. The number of fused-ring (bicyclic) bond motifs is 1. The van der Waals surface area contributed by atoms with E-state index in [9.17, 15) is 19.2 Å². The zero-order valence-electron chi connectivity index (χ0n) is 22.7. The van der Waals surface area contributed by atoms with Gasteiger partial charge in [-0.3, -0.25) is 9.48 Å². The Bertz CT molecular complexity index is 1650. The van der Waals surface area contributed by atoms with E-state index in [-0.39, 0.29) is 17.5 Å². The fourth-order valence-corrected chi connectivity index (χ4v) is 5.89. The molecule has 5 rings (SSSR count). The molecule has 1 aliphatic heterocycles. The Morgan fingerprint density at radius 2 is 2.02 bits per heavy atom. The molecular weight excluding hydrogens is 531 g/mol. The number of nitrogens with zero attached hydrogens (tertiary/aromatic N) is 5. The topological polar surface area (TPSA) is 113 Å². The van der Waals surface area contributed by atoms with Gasteiger partial charge in [-0.25, -0.2) is 14.2 Å². The third-order valence-corrected chi connectivity index (χ3v) is 7.68. The minimum atomic E-state index is -0.627. The maximum Gasteiger partial charge on any atom is 0.407 e. The molecule has 2 amide bonds. The van der Waals surface area contributed by atoms with E-state index in [4.69, 9.17) is 4.74 Å². The largest absolute Gasteiger partial charge is 0.444 e. The van der Waals surface area contributed by atoms with E-state index >= 15 is 0 Å². The van der Waals surface area contributed by atoms with E-state index in [0.29, 0.717) is 34.7 Å². The summed E-state index contributed by atoms with van der Waals surface area (Å²) in [6.07, 6.45) is 4.53. The Kier molecular flexibility index (Phi) is 7.29. The van der Waals surface area contributed by atoms with Crippen molar-refractivity contribution in [1.82, 2.24) is 25.0 Å². The first-order valence-electron chi connectivity index (χ1n) is 12.9. The molecule has 0 saturated carbocycles. The van der Waals surface area contributed by atoms with Crippen LogP contribution in [0.1, 0.15) is 48.8 Å². The van der Waals surface area contributed by atoms with Crippen molar-refractivity contribution in [3.8, 4) is 27.6 Å². The lowest BCUT2D eigenvalue weighted by Crippen LogP contribution is -2.50. The van der Waals surface area contributed by atoms with Crippen LogP contribution in [0, 0.1) is 17.1 Å². The average molecular weight is 561 g/mol. The minimum absolute atomic E-state index is 0.0490. The quantitative estimate of drug-likeness (QED) is 0.353. The van der Waals surface area contributed by atoms with Crippen molar-refractivity contribution in [2.24, 2.45) is 7.05 Å². The van der Waals surface area contributed by atoms with E-state index in [1.807, 2.05) is 25.4 Å². The van der Waals surface area contributed by atoms with Crippen molar-refractivity contribution in [3.05, 3.63) is 59.0 Å². The van der Waals surface area contributed by atoms with Crippen LogP contribution in [0.15, 0.2) is 42.7 Å². The van der Waals surface area contributed by atoms with Crippen LogP contribution < -0.4 is 5.32 Å². The highest BCUT2D eigenvalue weighted by Gasteiger charge is 2.29. The number of halogens is 1. The van der Waals surface area contributed by atoms with E-state index in [0.717, 1.165) is 28.7 Å². The van der Waals surface area contributed by atoms with Gasteiger partial charge in [0.05, 0.1) is 10.4 Å². The van der Waals surface area contributed by atoms with Crippen LogP contribution in [0.3, 0.4) is 0 Å². The number of aromatic nitrogens is 3. The summed E-state index contributed by atoms with van der Waals surface area (Å²) >= 11 is 1.31. The van der Waals surface area contributed by atoms with Gasteiger partial charge >= 0.3 is 6.09 Å². The van der Waals surface area contributed by atoms with E-state index in [1.165, 1.54) is 23.5 Å². The van der Waals surface area contributed by atoms with Crippen molar-refractivity contribution in [1.29, 1.82) is 5.26 Å². The first-order valence-corrected chi connectivity index (χ1v) is 13.7. The van der Waals surface area contributed by atoms with Crippen LogP contribution in [0.2, 0.25) is 0 Å². The number of alkyl carbamates (subject to hydrolysis) is 1. The Labute approximate surface area is 235 Å². The van der Waals surface area contributed by atoms with Gasteiger partial charge in [0.25, 0.3) is 5.91 Å².